The summed E-state index contributed by atoms with van der Waals surface area (Å²) in [6.45, 7) is 26.0. The summed E-state index contributed by atoms with van der Waals surface area (Å²) < 4.78 is 70.8. The Morgan fingerprint density at radius 2 is 0.810 bits per heavy atom. The number of nitrogens with two attached hydrogens (primary N) is 1. The lowest BCUT2D eigenvalue weighted by atomic mass is 9.83. The molecule has 6 amide bonds. The number of aliphatic hydroxyl groups excluding tert-OH is 5. The summed E-state index contributed by atoms with van der Waals surface area (Å²) in [5, 5.41) is 87.2. The van der Waals surface area contributed by atoms with Crippen molar-refractivity contribution in [3.63, 3.8) is 0 Å². The van der Waals surface area contributed by atoms with Crippen LogP contribution in [0.25, 0.3) is 0 Å². The lowest BCUT2D eigenvalue weighted by Crippen LogP contribution is -2.71. The first-order valence-electron chi connectivity index (χ1n) is 27.8. The molecule has 4 rings (SSSR count). The van der Waals surface area contributed by atoms with E-state index in [1.54, 1.807) is 125 Å². The van der Waals surface area contributed by atoms with E-state index in [0.717, 1.165) is 0 Å². The van der Waals surface area contributed by atoms with Gasteiger partial charge in [-0.25, -0.2) is 28.8 Å². The van der Waals surface area contributed by atoms with Gasteiger partial charge in [0, 0.05) is 19.6 Å². The van der Waals surface area contributed by atoms with Crippen LogP contribution in [0.1, 0.15) is 131 Å². The molecule has 0 aromatic heterocycles. The molecule has 1 aliphatic carbocycles. The van der Waals surface area contributed by atoms with Crippen LogP contribution in [0, 0.1) is 0 Å². The van der Waals surface area contributed by atoms with E-state index in [1.807, 2.05) is 0 Å². The molecule has 31 heteroatoms. The monoisotopic (exact) mass is 1210 g/mol. The molecule has 3 saturated heterocycles. The Balaban J connectivity index is 1.92. The third-order valence-electron chi connectivity index (χ3n) is 12.3. The predicted molar refractivity (Wildman–Crippen MR) is 291 cm³/mol. The first kappa shape index (κ1) is 71.6. The summed E-state index contributed by atoms with van der Waals surface area (Å²) in [7, 11) is 0. The highest BCUT2D eigenvalue weighted by atomic mass is 16.8. The molecule has 4 fully saturated rings. The Morgan fingerprint density at radius 1 is 0.464 bits per heavy atom. The number of amides is 6. The molecule has 3 heterocycles. The molecule has 0 aromatic rings. The number of rotatable bonds is 15. The van der Waals surface area contributed by atoms with E-state index in [0.29, 0.717) is 0 Å². The van der Waals surface area contributed by atoms with Crippen molar-refractivity contribution in [3.05, 3.63) is 0 Å². The summed E-state index contributed by atoms with van der Waals surface area (Å²) in [4.78, 5) is 80.1. The van der Waals surface area contributed by atoms with Gasteiger partial charge in [0.1, 0.15) is 119 Å². The van der Waals surface area contributed by atoms with Gasteiger partial charge in [0.2, 0.25) is 5.79 Å². The fraction of sp³-hybridized carbons (Fsp3) is 0.887. The molecule has 0 bridgehead atoms. The van der Waals surface area contributed by atoms with Gasteiger partial charge < -0.3 is 125 Å². The molecular formula is C53H95N7O24. The lowest BCUT2D eigenvalue weighted by Gasteiger charge is -2.50. The largest absolute Gasteiger partial charge is 0.444 e. The second-order valence-corrected chi connectivity index (χ2v) is 27.1. The highest BCUT2D eigenvalue weighted by Gasteiger charge is 2.60. The van der Waals surface area contributed by atoms with Crippen molar-refractivity contribution < 1.29 is 116 Å². The summed E-state index contributed by atoms with van der Waals surface area (Å²) >= 11 is 0. The molecule has 0 aromatic carbocycles. The Labute approximate surface area is 489 Å². The maximum Gasteiger partial charge on any atom is 0.408 e. The molecule has 0 radical (unpaired) electrons. The fourth-order valence-corrected chi connectivity index (χ4v) is 9.04. The van der Waals surface area contributed by atoms with E-state index in [2.05, 4.69) is 31.9 Å². The zero-order chi connectivity index (χ0) is 64.0. The Morgan fingerprint density at radius 3 is 1.18 bits per heavy atom. The van der Waals surface area contributed by atoms with Crippen LogP contribution < -0.4 is 37.6 Å². The average Bonchev–Trinajstić information content (AvgIpc) is 3.21. The van der Waals surface area contributed by atoms with Crippen molar-refractivity contribution in [1.82, 2.24) is 31.9 Å². The van der Waals surface area contributed by atoms with Gasteiger partial charge in [-0.05, 0) is 131 Å². The molecule has 4 aliphatic rings. The van der Waals surface area contributed by atoms with Crippen LogP contribution in [-0.2, 0) is 56.8 Å². The van der Waals surface area contributed by atoms with Crippen LogP contribution in [0.4, 0.5) is 28.8 Å². The van der Waals surface area contributed by atoms with E-state index in [1.165, 1.54) is 0 Å². The SMILES string of the molecule is CC(C)(C)OC(=O)NCC1OC(OC2C(NC(=O)OC(C)(C)C)CC(NC(=O)OC(C)(C)C)C(O)C2OC2(O)COC(CN)C2OC2OC(CNC(=O)OC(C)(C)C)C(O)C(O)C2NC(=O)OC(C)(C)C)C(NC(=O)OC(C)(C)C)C(O)C1O. The number of alkyl carbamates (subject to hydrolysis) is 6. The molecule has 486 valence electrons. The number of aliphatic hydroxyl groups is 6. The molecule has 84 heavy (non-hydrogen) atoms. The van der Waals surface area contributed by atoms with Gasteiger partial charge in [-0.15, -0.1) is 0 Å². The number of carbonyl (C=O) groups is 6. The van der Waals surface area contributed by atoms with Gasteiger partial charge in [0.25, 0.3) is 0 Å². The van der Waals surface area contributed by atoms with Gasteiger partial charge in [-0.2, -0.15) is 0 Å². The zero-order valence-electron chi connectivity index (χ0n) is 51.5. The molecule has 14 N–H and O–H groups in total. The quantitative estimate of drug-likeness (QED) is 0.0783. The Hall–Kier alpha value is -4.90. The van der Waals surface area contributed by atoms with Crippen molar-refractivity contribution in [2.75, 3.05) is 26.2 Å². The Kier molecular flexibility index (Phi) is 23.7. The first-order valence-corrected chi connectivity index (χ1v) is 27.8. The van der Waals surface area contributed by atoms with E-state index in [-0.39, 0.29) is 0 Å². The molecule has 3 aliphatic heterocycles. The van der Waals surface area contributed by atoms with E-state index in [9.17, 15) is 59.4 Å². The first-order chi connectivity index (χ1) is 38.2. The summed E-state index contributed by atoms with van der Waals surface area (Å²) in [6, 6.07) is -6.54. The normalized spacial score (nSPS) is 33.3. The van der Waals surface area contributed by atoms with Crippen molar-refractivity contribution in [3.8, 4) is 0 Å². The standard InChI is InChI=1S/C53H95N7O24/c1-47(2,3)79-41(66)55-21-27-32(62)34(64)29(59-45(70)83-51(13,14)15)39(74-27)76-36-25(58-44(69)82-50(10,11)12)19-24(57-43(68)81-49(7,8)9)31(61)37(36)78-53(72)23-73-26(20-54)38(53)77-40-30(60-46(71)84-52(16,17)18)35(65)33(63)28(75-40)22-56-42(67)80-48(4,5)6/h24-40,61-65,72H,19-23,54H2,1-18H3,(H,55,66)(H,56,67)(H,57,68)(H,58,69)(H,59,70)(H,60,71). The van der Waals surface area contributed by atoms with Crippen molar-refractivity contribution in [2.24, 2.45) is 5.73 Å². The van der Waals surface area contributed by atoms with Crippen LogP contribution in [0.5, 0.6) is 0 Å². The highest BCUT2D eigenvalue weighted by Crippen LogP contribution is 2.39. The van der Waals surface area contributed by atoms with Crippen LogP contribution in [0.2, 0.25) is 0 Å². The van der Waals surface area contributed by atoms with Crippen LogP contribution in [-0.4, -0.2) is 237 Å². The maximum atomic E-state index is 13.9. The topological polar surface area (TPSA) is 433 Å². The van der Waals surface area contributed by atoms with E-state index < -0.39 is 213 Å². The summed E-state index contributed by atoms with van der Waals surface area (Å²) in [6.07, 6.45) is -30.7. The molecular weight excluding hydrogens is 1120 g/mol. The number of carbonyl (C=O) groups excluding carboxylic acids is 6. The van der Waals surface area contributed by atoms with Crippen molar-refractivity contribution in [1.29, 1.82) is 0 Å². The summed E-state index contributed by atoms with van der Waals surface area (Å²) in [5.41, 5.74) is -0.117. The van der Waals surface area contributed by atoms with Crippen LogP contribution in [0.15, 0.2) is 0 Å². The number of hydrogen-bond donors (Lipinski definition) is 13. The number of hydrogen-bond acceptors (Lipinski definition) is 25. The third-order valence-corrected chi connectivity index (χ3v) is 12.3. The number of nitrogens with one attached hydrogen (secondary N) is 6. The molecule has 0 spiro atoms. The highest BCUT2D eigenvalue weighted by molar-refractivity contribution is 5.70. The minimum absolute atomic E-state index is 0.451. The third kappa shape index (κ3) is 22.1. The van der Waals surface area contributed by atoms with Gasteiger partial charge >= 0.3 is 36.6 Å². The molecule has 31 nitrogen and oxygen atoms in total. The minimum atomic E-state index is -2.87. The second-order valence-electron chi connectivity index (χ2n) is 27.1. The van der Waals surface area contributed by atoms with Crippen LogP contribution >= 0.6 is 0 Å². The minimum Gasteiger partial charge on any atom is -0.444 e. The molecule has 1 saturated carbocycles. The van der Waals surface area contributed by atoms with Gasteiger partial charge in [0.15, 0.2) is 12.6 Å². The zero-order valence-corrected chi connectivity index (χ0v) is 51.5. The maximum absolute atomic E-state index is 13.9. The Bertz CT molecular complexity index is 2220. The molecule has 18 atom stereocenters. The van der Waals surface area contributed by atoms with Gasteiger partial charge in [-0.3, -0.25) is 0 Å². The van der Waals surface area contributed by atoms with E-state index in [4.69, 9.17) is 62.6 Å². The van der Waals surface area contributed by atoms with E-state index >= 15 is 0 Å². The second kappa shape index (κ2) is 27.9. The van der Waals surface area contributed by atoms with Crippen molar-refractivity contribution in [2.45, 2.75) is 274 Å². The summed E-state index contributed by atoms with van der Waals surface area (Å²) in [5.74, 6) is -2.87. The smallest absolute Gasteiger partial charge is 0.408 e. The average molecular weight is 1210 g/mol. The fourth-order valence-electron chi connectivity index (χ4n) is 9.04. The van der Waals surface area contributed by atoms with Crippen LogP contribution in [0.3, 0.4) is 0 Å². The van der Waals surface area contributed by atoms with Gasteiger partial charge in [0.05, 0.1) is 12.1 Å². The van der Waals surface area contributed by atoms with Gasteiger partial charge in [-0.1, -0.05) is 0 Å². The predicted octanol–water partition coefficient (Wildman–Crippen LogP) is 0.469. The molecule has 18 unspecified atom stereocenters. The number of ether oxygens (including phenoxy) is 12. The van der Waals surface area contributed by atoms with Crippen molar-refractivity contribution >= 4 is 36.6 Å². The lowest BCUT2D eigenvalue weighted by molar-refractivity contribution is -0.352.